The van der Waals surface area contributed by atoms with E-state index in [9.17, 15) is 4.79 Å². The summed E-state index contributed by atoms with van der Waals surface area (Å²) in [6, 6.07) is 0. The van der Waals surface area contributed by atoms with E-state index in [1.165, 1.54) is 6.42 Å². The fourth-order valence-corrected chi connectivity index (χ4v) is 2.10. The van der Waals surface area contributed by atoms with Gasteiger partial charge in [0.1, 0.15) is 5.78 Å². The molecule has 1 aliphatic carbocycles. The predicted octanol–water partition coefficient (Wildman–Crippen LogP) is 3.57. The normalized spacial score (nSPS) is 20.9. The molecule has 1 fully saturated rings. The molecule has 0 aliphatic heterocycles. The molecule has 0 radical (unpaired) electrons. The highest BCUT2D eigenvalue weighted by Crippen LogP contribution is 2.46. The van der Waals surface area contributed by atoms with Crippen molar-refractivity contribution in [2.75, 3.05) is 0 Å². The summed E-state index contributed by atoms with van der Waals surface area (Å²) in [4.78, 5) is 12.0. The predicted molar refractivity (Wildman–Crippen MR) is 55.7 cm³/mol. The average Bonchev–Trinajstić information content (AvgIpc) is 1.80. The monoisotopic (exact) mass is 182 g/mol. The SMILES string of the molecule is CCC1(C(=O)CC(C)(C)C)CCC1. The summed E-state index contributed by atoms with van der Waals surface area (Å²) >= 11 is 0. The van der Waals surface area contributed by atoms with Crippen LogP contribution in [0.5, 0.6) is 0 Å². The van der Waals surface area contributed by atoms with Gasteiger partial charge < -0.3 is 0 Å². The summed E-state index contributed by atoms with van der Waals surface area (Å²) in [5, 5.41) is 0. The first-order valence-corrected chi connectivity index (χ1v) is 5.43. The van der Waals surface area contributed by atoms with Crippen LogP contribution in [0.25, 0.3) is 0 Å². The standard InChI is InChI=1S/C12H22O/c1-5-12(7-6-8-12)10(13)9-11(2,3)4/h5-9H2,1-4H3. The van der Waals surface area contributed by atoms with Crippen LogP contribution in [0, 0.1) is 10.8 Å². The fourth-order valence-electron chi connectivity index (χ4n) is 2.10. The Balaban J connectivity index is 2.56. The third-order valence-corrected chi connectivity index (χ3v) is 3.27. The van der Waals surface area contributed by atoms with E-state index in [0.29, 0.717) is 5.78 Å². The number of Topliss-reactive ketones (excluding diaryl/α,β-unsaturated/α-hetero) is 1. The number of ketones is 1. The van der Waals surface area contributed by atoms with Gasteiger partial charge in [-0.25, -0.2) is 0 Å². The molecule has 1 saturated carbocycles. The van der Waals surface area contributed by atoms with Crippen molar-refractivity contribution in [3.05, 3.63) is 0 Å². The van der Waals surface area contributed by atoms with Gasteiger partial charge in [0.05, 0.1) is 0 Å². The fraction of sp³-hybridized carbons (Fsp3) is 0.917. The topological polar surface area (TPSA) is 17.1 Å². The lowest BCUT2D eigenvalue weighted by atomic mass is 9.62. The van der Waals surface area contributed by atoms with Crippen LogP contribution in [0.15, 0.2) is 0 Å². The molecule has 0 aromatic rings. The first kappa shape index (κ1) is 10.7. The van der Waals surface area contributed by atoms with E-state index in [1.54, 1.807) is 0 Å². The lowest BCUT2D eigenvalue weighted by molar-refractivity contribution is -0.135. The molecule has 0 saturated heterocycles. The van der Waals surface area contributed by atoms with Crippen LogP contribution in [-0.4, -0.2) is 5.78 Å². The van der Waals surface area contributed by atoms with Gasteiger partial charge in [0.25, 0.3) is 0 Å². The van der Waals surface area contributed by atoms with Crippen LogP contribution >= 0.6 is 0 Å². The zero-order valence-corrected chi connectivity index (χ0v) is 9.44. The van der Waals surface area contributed by atoms with Crippen molar-refractivity contribution in [1.82, 2.24) is 0 Å². The minimum absolute atomic E-state index is 0.0906. The molecule has 0 heterocycles. The van der Waals surface area contributed by atoms with Gasteiger partial charge in [0.15, 0.2) is 0 Å². The summed E-state index contributed by atoms with van der Waals surface area (Å²) in [6.07, 6.45) is 5.32. The molecule has 0 atom stereocenters. The number of rotatable bonds is 3. The number of carbonyl (C=O) groups is 1. The highest BCUT2D eigenvalue weighted by molar-refractivity contribution is 5.86. The highest BCUT2D eigenvalue weighted by atomic mass is 16.1. The minimum Gasteiger partial charge on any atom is -0.299 e. The smallest absolute Gasteiger partial charge is 0.139 e. The maximum absolute atomic E-state index is 12.0. The van der Waals surface area contributed by atoms with Gasteiger partial charge >= 0.3 is 0 Å². The lowest BCUT2D eigenvalue weighted by Gasteiger charge is -2.41. The van der Waals surface area contributed by atoms with Crippen molar-refractivity contribution in [1.29, 1.82) is 0 Å². The van der Waals surface area contributed by atoms with Crippen LogP contribution in [-0.2, 0) is 4.79 Å². The second kappa shape index (κ2) is 3.43. The Bertz CT molecular complexity index is 188. The molecule has 0 N–H and O–H groups in total. The molecule has 76 valence electrons. The molecule has 0 amide bonds. The van der Waals surface area contributed by atoms with E-state index in [1.807, 2.05) is 0 Å². The number of hydrogen-bond acceptors (Lipinski definition) is 1. The molecule has 1 heteroatoms. The van der Waals surface area contributed by atoms with Gasteiger partial charge in [-0.3, -0.25) is 4.79 Å². The first-order valence-electron chi connectivity index (χ1n) is 5.43. The number of hydrogen-bond donors (Lipinski definition) is 0. The average molecular weight is 182 g/mol. The molecular formula is C12H22O. The largest absolute Gasteiger partial charge is 0.299 e. The lowest BCUT2D eigenvalue weighted by Crippen LogP contribution is -2.39. The zero-order chi connectivity index (χ0) is 10.1. The summed E-state index contributed by atoms with van der Waals surface area (Å²) in [5.41, 5.74) is 0.252. The van der Waals surface area contributed by atoms with Crippen molar-refractivity contribution in [2.45, 2.75) is 59.8 Å². The van der Waals surface area contributed by atoms with Gasteiger partial charge in [0.2, 0.25) is 0 Å². The van der Waals surface area contributed by atoms with Crippen molar-refractivity contribution < 1.29 is 4.79 Å². The van der Waals surface area contributed by atoms with Crippen LogP contribution in [0.2, 0.25) is 0 Å². The molecule has 0 aromatic heterocycles. The Hall–Kier alpha value is -0.330. The van der Waals surface area contributed by atoms with Crippen molar-refractivity contribution in [2.24, 2.45) is 10.8 Å². The minimum atomic E-state index is 0.0906. The third kappa shape index (κ3) is 2.32. The quantitative estimate of drug-likeness (QED) is 0.652. The van der Waals surface area contributed by atoms with Gasteiger partial charge in [-0.05, 0) is 24.7 Å². The van der Waals surface area contributed by atoms with Gasteiger partial charge in [-0.1, -0.05) is 34.1 Å². The Kier molecular flexibility index (Phi) is 2.84. The van der Waals surface area contributed by atoms with Crippen LogP contribution in [0.1, 0.15) is 59.8 Å². The summed E-state index contributed by atoms with van der Waals surface area (Å²) in [7, 11) is 0. The first-order chi connectivity index (χ1) is 5.90. The van der Waals surface area contributed by atoms with E-state index in [0.717, 1.165) is 25.7 Å². The van der Waals surface area contributed by atoms with Crippen molar-refractivity contribution in [3.8, 4) is 0 Å². The van der Waals surface area contributed by atoms with E-state index in [4.69, 9.17) is 0 Å². The van der Waals surface area contributed by atoms with Gasteiger partial charge in [0, 0.05) is 11.8 Å². The Labute approximate surface area is 81.9 Å². The number of carbonyl (C=O) groups excluding carboxylic acids is 1. The molecule has 0 unspecified atom stereocenters. The van der Waals surface area contributed by atoms with E-state index >= 15 is 0 Å². The molecule has 13 heavy (non-hydrogen) atoms. The van der Waals surface area contributed by atoms with Crippen molar-refractivity contribution in [3.63, 3.8) is 0 Å². The van der Waals surface area contributed by atoms with E-state index < -0.39 is 0 Å². The molecule has 0 bridgehead atoms. The van der Waals surface area contributed by atoms with E-state index in [-0.39, 0.29) is 10.8 Å². The maximum Gasteiger partial charge on any atom is 0.139 e. The van der Waals surface area contributed by atoms with Gasteiger partial charge in [-0.15, -0.1) is 0 Å². The Morgan fingerprint density at radius 1 is 1.31 bits per heavy atom. The van der Waals surface area contributed by atoms with E-state index in [2.05, 4.69) is 27.7 Å². The van der Waals surface area contributed by atoms with Crippen molar-refractivity contribution >= 4 is 5.78 Å². The second-order valence-corrected chi connectivity index (χ2v) is 5.65. The summed E-state index contributed by atoms with van der Waals surface area (Å²) in [5.74, 6) is 0.508. The second-order valence-electron chi connectivity index (χ2n) is 5.65. The molecule has 0 spiro atoms. The molecule has 1 aliphatic rings. The van der Waals surface area contributed by atoms with Crippen LogP contribution < -0.4 is 0 Å². The molecule has 1 rings (SSSR count). The van der Waals surface area contributed by atoms with Crippen LogP contribution in [0.4, 0.5) is 0 Å². The molecular weight excluding hydrogens is 160 g/mol. The van der Waals surface area contributed by atoms with Crippen LogP contribution in [0.3, 0.4) is 0 Å². The molecule has 0 aromatic carbocycles. The highest BCUT2D eigenvalue weighted by Gasteiger charge is 2.42. The Morgan fingerprint density at radius 2 is 1.85 bits per heavy atom. The van der Waals surface area contributed by atoms with Gasteiger partial charge in [-0.2, -0.15) is 0 Å². The summed E-state index contributed by atoms with van der Waals surface area (Å²) < 4.78 is 0. The summed E-state index contributed by atoms with van der Waals surface area (Å²) in [6.45, 7) is 8.59. The Morgan fingerprint density at radius 3 is 2.08 bits per heavy atom. The maximum atomic E-state index is 12.0. The molecule has 1 nitrogen and oxygen atoms in total. The zero-order valence-electron chi connectivity index (χ0n) is 9.44. The third-order valence-electron chi connectivity index (χ3n) is 3.27.